The predicted octanol–water partition coefficient (Wildman–Crippen LogP) is 4.01. The molecule has 260 valence electrons. The first kappa shape index (κ1) is 35.7. The summed E-state index contributed by atoms with van der Waals surface area (Å²) in [7, 11) is -4.01. The van der Waals surface area contributed by atoms with Crippen molar-refractivity contribution in [2.75, 3.05) is 18.4 Å². The van der Waals surface area contributed by atoms with Gasteiger partial charge in [0.15, 0.2) is 6.04 Å². The molecule has 12 nitrogen and oxygen atoms in total. The van der Waals surface area contributed by atoms with E-state index in [-0.39, 0.29) is 12.2 Å². The van der Waals surface area contributed by atoms with Crippen molar-refractivity contribution in [2.45, 2.75) is 75.9 Å². The lowest BCUT2D eigenvalue weighted by atomic mass is 9.92. The van der Waals surface area contributed by atoms with E-state index in [1.165, 1.54) is 4.90 Å². The number of sulfonamides is 1. The quantitative estimate of drug-likeness (QED) is 0.211. The molecular formula is C36H42N4O8S. The summed E-state index contributed by atoms with van der Waals surface area (Å²) in [4.78, 5) is 54.1. The van der Waals surface area contributed by atoms with Gasteiger partial charge in [0.25, 0.3) is 0 Å². The zero-order valence-corrected chi connectivity index (χ0v) is 28.6. The molecule has 3 atom stereocenters. The number of urea groups is 1. The summed E-state index contributed by atoms with van der Waals surface area (Å²) in [6, 6.07) is 19.1. The number of fused-ring (bicyclic) bond motifs is 1. The molecule has 1 saturated heterocycles. The molecule has 0 aliphatic carbocycles. The normalized spacial score (nSPS) is 18.2. The molecule has 2 aliphatic rings. The van der Waals surface area contributed by atoms with Crippen LogP contribution in [0.2, 0.25) is 0 Å². The Bertz CT molecular complexity index is 1770. The summed E-state index contributed by atoms with van der Waals surface area (Å²) in [5.74, 6) is -2.66. The zero-order valence-electron chi connectivity index (χ0n) is 27.8. The first-order valence-electron chi connectivity index (χ1n) is 16.3. The first-order chi connectivity index (χ1) is 23.3. The lowest BCUT2D eigenvalue weighted by Gasteiger charge is -2.37. The number of amides is 2. The third kappa shape index (κ3) is 9.74. The van der Waals surface area contributed by atoms with Crippen LogP contribution in [0.1, 0.15) is 61.9 Å². The lowest BCUT2D eigenvalue weighted by molar-refractivity contribution is -0.163. The van der Waals surface area contributed by atoms with Gasteiger partial charge in [-0.2, -0.15) is 0 Å². The molecule has 3 aromatic rings. The highest BCUT2D eigenvalue weighted by Crippen LogP contribution is 2.32. The van der Waals surface area contributed by atoms with Crippen LogP contribution in [-0.2, 0) is 52.5 Å². The summed E-state index contributed by atoms with van der Waals surface area (Å²) in [6.45, 7) is 6.24. The largest absolute Gasteiger partial charge is 0.458 e. The Morgan fingerprint density at radius 1 is 0.918 bits per heavy atom. The maximum absolute atomic E-state index is 13.6. The van der Waals surface area contributed by atoms with Crippen molar-refractivity contribution in [2.24, 2.45) is 0 Å². The van der Waals surface area contributed by atoms with Crippen LogP contribution in [0.5, 0.6) is 0 Å². The van der Waals surface area contributed by atoms with Crippen molar-refractivity contribution in [1.29, 1.82) is 0 Å². The van der Waals surface area contributed by atoms with Gasteiger partial charge in [-0.15, -0.1) is 0 Å². The lowest BCUT2D eigenvalue weighted by Crippen LogP contribution is -2.47. The molecule has 2 heterocycles. The summed E-state index contributed by atoms with van der Waals surface area (Å²) in [6.07, 6.45) is 1.73. The minimum absolute atomic E-state index is 0.115. The van der Waals surface area contributed by atoms with Crippen LogP contribution in [0.15, 0.2) is 78.9 Å². The van der Waals surface area contributed by atoms with Crippen LogP contribution in [0.3, 0.4) is 0 Å². The van der Waals surface area contributed by atoms with E-state index in [9.17, 15) is 27.6 Å². The van der Waals surface area contributed by atoms with E-state index in [1.54, 1.807) is 75.4 Å². The van der Waals surface area contributed by atoms with Crippen molar-refractivity contribution in [3.8, 4) is 0 Å². The molecule has 0 aromatic heterocycles. The fraction of sp³-hybridized carbons (Fsp3) is 0.389. The molecule has 5 rings (SSSR count). The number of carbonyl (C=O) groups is 4. The van der Waals surface area contributed by atoms with Gasteiger partial charge in [-0.05, 0) is 87.4 Å². The van der Waals surface area contributed by atoms with Gasteiger partial charge in [0, 0.05) is 12.2 Å². The average Bonchev–Trinajstić information content (AvgIpc) is 3.60. The van der Waals surface area contributed by atoms with Gasteiger partial charge in [-0.25, -0.2) is 32.3 Å². The van der Waals surface area contributed by atoms with Gasteiger partial charge in [0.05, 0.1) is 5.75 Å². The smallest absolute Gasteiger partial charge is 0.334 e. The number of hydrogen-bond donors (Lipinski definition) is 3. The van der Waals surface area contributed by atoms with Crippen LogP contribution in [-0.4, -0.2) is 68.0 Å². The highest BCUT2D eigenvalue weighted by molar-refractivity contribution is 7.88. The number of anilines is 1. The molecule has 13 heteroatoms. The van der Waals surface area contributed by atoms with Gasteiger partial charge >= 0.3 is 23.9 Å². The standard InChI is InChI=1S/C36H42N4O8S/c1-36(2,3)48-34(43)31-28-13-8-7-12-26(28)19-21-40(31)35(44)38-27-17-15-24(16-18-27)22-30(33(42)47-32(41)29-14-9-20-37-29)39-49(45,46)23-25-10-5-4-6-11-25/h4-8,10-13,15-18,29-31,37,39H,9,14,19-23H2,1-3H3,(H,38,44)/t29-,30-,31?/m0/s1. The molecule has 3 N–H and O–H groups in total. The van der Waals surface area contributed by atoms with Crippen LogP contribution in [0.25, 0.3) is 0 Å². The van der Waals surface area contributed by atoms with Crippen molar-refractivity contribution in [3.63, 3.8) is 0 Å². The summed E-state index contributed by atoms with van der Waals surface area (Å²) in [5.41, 5.74) is 2.43. The van der Waals surface area contributed by atoms with Gasteiger partial charge in [0.1, 0.15) is 17.7 Å². The average molecular weight is 691 g/mol. The van der Waals surface area contributed by atoms with Gasteiger partial charge < -0.3 is 25.0 Å². The van der Waals surface area contributed by atoms with Crippen LogP contribution < -0.4 is 15.4 Å². The molecule has 0 bridgehead atoms. The molecule has 0 saturated carbocycles. The highest BCUT2D eigenvalue weighted by atomic mass is 32.2. The van der Waals surface area contributed by atoms with Crippen molar-refractivity contribution < 1.29 is 37.1 Å². The molecule has 0 radical (unpaired) electrons. The van der Waals surface area contributed by atoms with E-state index in [4.69, 9.17) is 9.47 Å². The van der Waals surface area contributed by atoms with Crippen LogP contribution in [0.4, 0.5) is 10.5 Å². The summed E-state index contributed by atoms with van der Waals surface area (Å²) >= 11 is 0. The predicted molar refractivity (Wildman–Crippen MR) is 183 cm³/mol. The van der Waals surface area contributed by atoms with Gasteiger partial charge in [0.2, 0.25) is 10.0 Å². The van der Waals surface area contributed by atoms with Crippen molar-refractivity contribution in [1.82, 2.24) is 14.9 Å². The molecule has 1 unspecified atom stereocenters. The Kier molecular flexibility index (Phi) is 11.2. The fourth-order valence-corrected chi connectivity index (χ4v) is 7.23. The summed E-state index contributed by atoms with van der Waals surface area (Å²) < 4.78 is 39.4. The Morgan fingerprint density at radius 2 is 1.61 bits per heavy atom. The molecule has 2 aliphatic heterocycles. The minimum atomic E-state index is -4.01. The van der Waals surface area contributed by atoms with E-state index in [0.717, 1.165) is 12.0 Å². The van der Waals surface area contributed by atoms with E-state index >= 15 is 0 Å². The van der Waals surface area contributed by atoms with E-state index in [1.807, 2.05) is 24.3 Å². The molecule has 1 fully saturated rings. The van der Waals surface area contributed by atoms with Crippen LogP contribution in [0, 0.1) is 0 Å². The Balaban J connectivity index is 1.30. The molecule has 3 aromatic carbocycles. The molecule has 2 amide bonds. The minimum Gasteiger partial charge on any atom is -0.458 e. The molecule has 49 heavy (non-hydrogen) atoms. The van der Waals surface area contributed by atoms with Gasteiger partial charge in [-0.3, -0.25) is 0 Å². The van der Waals surface area contributed by atoms with Gasteiger partial charge in [-0.1, -0.05) is 66.7 Å². The number of nitrogens with zero attached hydrogens (tertiary/aromatic N) is 1. The number of benzene rings is 3. The maximum Gasteiger partial charge on any atom is 0.334 e. The number of esters is 3. The van der Waals surface area contributed by atoms with E-state index in [2.05, 4.69) is 15.4 Å². The molecule has 0 spiro atoms. The maximum atomic E-state index is 13.6. The van der Waals surface area contributed by atoms with E-state index in [0.29, 0.717) is 48.3 Å². The van der Waals surface area contributed by atoms with Crippen molar-refractivity contribution in [3.05, 3.63) is 101 Å². The number of hydrogen-bond acceptors (Lipinski definition) is 9. The van der Waals surface area contributed by atoms with Crippen molar-refractivity contribution >= 4 is 39.6 Å². The SMILES string of the molecule is CC(C)(C)OC(=O)C1c2ccccc2CCN1C(=O)Nc1ccc(C[C@H](NS(=O)(=O)Cc2ccccc2)C(=O)OC(=O)[C@@H]2CCCN2)cc1. The number of carbonyl (C=O) groups excluding carboxylic acids is 4. The number of rotatable bonds is 10. The fourth-order valence-electron chi connectivity index (χ4n) is 5.90. The third-order valence-corrected chi connectivity index (χ3v) is 9.53. The zero-order chi connectivity index (χ0) is 35.2. The first-order valence-corrected chi connectivity index (χ1v) is 17.9. The second-order valence-corrected chi connectivity index (χ2v) is 15.0. The summed E-state index contributed by atoms with van der Waals surface area (Å²) in [5, 5.41) is 5.81. The Morgan fingerprint density at radius 3 is 2.29 bits per heavy atom. The highest BCUT2D eigenvalue weighted by Gasteiger charge is 2.39. The Labute approximate surface area is 286 Å². The third-order valence-electron chi connectivity index (χ3n) is 8.17. The molecular weight excluding hydrogens is 648 g/mol. The monoisotopic (exact) mass is 690 g/mol. The topological polar surface area (TPSA) is 160 Å². The Hall–Kier alpha value is -4.59. The second-order valence-electron chi connectivity index (χ2n) is 13.2. The van der Waals surface area contributed by atoms with Crippen LogP contribution >= 0.6 is 0 Å². The number of ether oxygens (including phenoxy) is 2. The van der Waals surface area contributed by atoms with E-state index < -0.39 is 57.7 Å². The second kappa shape index (κ2) is 15.3. The number of nitrogens with one attached hydrogen (secondary N) is 3.